The van der Waals surface area contributed by atoms with E-state index in [4.69, 9.17) is 21.6 Å². The smallest absolute Gasteiger partial charge is 0.317 e. The van der Waals surface area contributed by atoms with Crippen LogP contribution in [0.3, 0.4) is 0 Å². The molecule has 5 nitrogen and oxygen atoms in total. The van der Waals surface area contributed by atoms with Gasteiger partial charge in [0, 0.05) is 22.8 Å². The molecule has 0 aromatic carbocycles. The Morgan fingerprint density at radius 3 is 2.69 bits per heavy atom. The first-order valence-electron chi connectivity index (χ1n) is 3.37. The van der Waals surface area contributed by atoms with Crippen molar-refractivity contribution in [2.24, 2.45) is 0 Å². The van der Waals surface area contributed by atoms with Crippen molar-refractivity contribution in [3.63, 3.8) is 0 Å². The van der Waals surface area contributed by atoms with Crippen LogP contribution < -0.4 is 0 Å². The van der Waals surface area contributed by atoms with Crippen LogP contribution in [0.1, 0.15) is 12.8 Å². The SMILES string of the molecule is [N-]=[N+]=C1CC(=N)CC=C1S(=O)(=O)Cl. The van der Waals surface area contributed by atoms with E-state index < -0.39 is 9.05 Å². The highest BCUT2D eigenvalue weighted by molar-refractivity contribution is 8.17. The number of hydrogen-bond donors (Lipinski definition) is 1. The fourth-order valence-corrected chi connectivity index (χ4v) is 2.15. The molecule has 0 radical (unpaired) electrons. The molecule has 70 valence electrons. The fourth-order valence-electron chi connectivity index (χ4n) is 1.02. The first-order chi connectivity index (χ1) is 5.95. The molecule has 0 saturated carbocycles. The molecule has 13 heavy (non-hydrogen) atoms. The van der Waals surface area contributed by atoms with Crippen LogP contribution in [0.4, 0.5) is 0 Å². The van der Waals surface area contributed by atoms with Gasteiger partial charge in [-0.15, -0.1) is 0 Å². The van der Waals surface area contributed by atoms with E-state index in [1.54, 1.807) is 0 Å². The first kappa shape index (κ1) is 10.1. The molecule has 7 heteroatoms. The maximum absolute atomic E-state index is 10.9. The summed E-state index contributed by atoms with van der Waals surface area (Å²) >= 11 is 0. The molecule has 0 atom stereocenters. The lowest BCUT2D eigenvalue weighted by Crippen LogP contribution is -2.19. The van der Waals surface area contributed by atoms with Gasteiger partial charge in [-0.3, -0.25) is 0 Å². The van der Waals surface area contributed by atoms with E-state index in [0.717, 1.165) is 0 Å². The summed E-state index contributed by atoms with van der Waals surface area (Å²) in [6.07, 6.45) is 1.51. The highest BCUT2D eigenvalue weighted by Gasteiger charge is 2.31. The zero-order chi connectivity index (χ0) is 10.1. The Morgan fingerprint density at radius 2 is 2.23 bits per heavy atom. The number of allylic oxidation sites excluding steroid dienone is 2. The van der Waals surface area contributed by atoms with Crippen molar-refractivity contribution in [1.82, 2.24) is 0 Å². The highest BCUT2D eigenvalue weighted by atomic mass is 35.7. The minimum atomic E-state index is -3.86. The lowest BCUT2D eigenvalue weighted by Gasteiger charge is -2.05. The number of nitrogens with one attached hydrogen (secondary N) is 1. The monoisotopic (exact) mass is 219 g/mol. The van der Waals surface area contributed by atoms with E-state index in [1.165, 1.54) is 6.08 Å². The van der Waals surface area contributed by atoms with Crippen LogP contribution in [0, 0.1) is 5.41 Å². The summed E-state index contributed by atoms with van der Waals surface area (Å²) in [4.78, 5) is 2.59. The van der Waals surface area contributed by atoms with E-state index in [0.29, 0.717) is 0 Å². The molecule has 1 rings (SSSR count). The van der Waals surface area contributed by atoms with Crippen LogP contribution in [0.15, 0.2) is 11.0 Å². The molecule has 0 heterocycles. The number of hydrogen-bond acceptors (Lipinski definition) is 3. The van der Waals surface area contributed by atoms with E-state index in [9.17, 15) is 8.42 Å². The largest absolute Gasteiger partial charge is 0.361 e. The number of rotatable bonds is 1. The molecule has 0 aliphatic heterocycles. The van der Waals surface area contributed by atoms with Crippen LogP contribution in [0.5, 0.6) is 0 Å². The van der Waals surface area contributed by atoms with E-state index in [1.807, 2.05) is 0 Å². The van der Waals surface area contributed by atoms with Crippen LogP contribution >= 0.6 is 10.7 Å². The molecule has 0 aromatic rings. The second-order valence-electron chi connectivity index (χ2n) is 2.54. The van der Waals surface area contributed by atoms with Gasteiger partial charge in [-0.05, 0) is 0 Å². The molecule has 1 N–H and O–H groups in total. The number of nitrogens with zero attached hydrogens (tertiary/aromatic N) is 2. The summed E-state index contributed by atoms with van der Waals surface area (Å²) in [6.45, 7) is 0. The second kappa shape index (κ2) is 3.41. The molecule has 0 bridgehead atoms. The van der Waals surface area contributed by atoms with Crippen molar-refractivity contribution in [1.29, 1.82) is 5.41 Å². The van der Waals surface area contributed by atoms with Crippen molar-refractivity contribution in [2.75, 3.05) is 0 Å². The molecule has 0 spiro atoms. The molecule has 0 fully saturated rings. The molecule has 1 aliphatic carbocycles. The molecule has 0 amide bonds. The third kappa shape index (κ3) is 2.24. The zero-order valence-corrected chi connectivity index (χ0v) is 8.06. The van der Waals surface area contributed by atoms with Crippen LogP contribution in [0.25, 0.3) is 5.53 Å². The van der Waals surface area contributed by atoms with Gasteiger partial charge in [0.1, 0.15) is 0 Å². The fraction of sp³-hybridized carbons (Fsp3) is 0.333. The third-order valence-corrected chi connectivity index (χ3v) is 3.01. The van der Waals surface area contributed by atoms with E-state index in [-0.39, 0.29) is 29.2 Å². The Bertz CT molecular complexity index is 431. The van der Waals surface area contributed by atoms with Crippen molar-refractivity contribution in [3.8, 4) is 0 Å². The number of halogens is 1. The lowest BCUT2D eigenvalue weighted by atomic mass is 10.0. The summed E-state index contributed by atoms with van der Waals surface area (Å²) < 4.78 is 21.8. The quantitative estimate of drug-likeness (QED) is 0.403. The molecule has 1 aliphatic rings. The summed E-state index contributed by atoms with van der Waals surface area (Å²) in [5.41, 5.74) is 8.68. The second-order valence-corrected chi connectivity index (χ2v) is 5.07. The normalized spacial score (nSPS) is 18.1. The molecular weight excluding hydrogens is 214 g/mol. The van der Waals surface area contributed by atoms with Gasteiger partial charge in [0.25, 0.3) is 9.05 Å². The van der Waals surface area contributed by atoms with Gasteiger partial charge in [0.05, 0.1) is 6.42 Å². The summed E-state index contributed by atoms with van der Waals surface area (Å²) in [5.74, 6) is 0. The van der Waals surface area contributed by atoms with Crippen LogP contribution in [0.2, 0.25) is 0 Å². The van der Waals surface area contributed by atoms with Gasteiger partial charge in [-0.1, -0.05) is 6.08 Å². The van der Waals surface area contributed by atoms with Crippen LogP contribution in [-0.2, 0) is 9.05 Å². The van der Waals surface area contributed by atoms with Gasteiger partial charge in [0.15, 0.2) is 4.91 Å². The van der Waals surface area contributed by atoms with Crippen molar-refractivity contribution < 1.29 is 13.2 Å². The lowest BCUT2D eigenvalue weighted by molar-refractivity contribution is -0.00549. The van der Waals surface area contributed by atoms with Crippen LogP contribution in [-0.4, -0.2) is 24.6 Å². The minimum Gasteiger partial charge on any atom is -0.361 e. The molecular formula is C6H6ClN3O2S. The van der Waals surface area contributed by atoms with Gasteiger partial charge >= 0.3 is 5.71 Å². The summed E-state index contributed by atoms with van der Waals surface area (Å²) in [6, 6.07) is 0. The van der Waals surface area contributed by atoms with Crippen molar-refractivity contribution >= 4 is 31.2 Å². The summed E-state index contributed by atoms with van der Waals surface area (Å²) in [7, 11) is 1.21. The Kier molecular flexibility index (Phi) is 2.66. The standard InChI is InChI=1S/C6H6ClN3O2S/c7-13(11,12)6-2-1-4(8)3-5(6)10-9/h2,8H,1,3H2. The predicted molar refractivity (Wildman–Crippen MR) is 48.4 cm³/mol. The Morgan fingerprint density at radius 1 is 1.62 bits per heavy atom. The maximum atomic E-state index is 10.9. The highest BCUT2D eigenvalue weighted by Crippen LogP contribution is 2.20. The van der Waals surface area contributed by atoms with Gasteiger partial charge in [0.2, 0.25) is 0 Å². The topological polar surface area (TPSA) is 94.4 Å². The third-order valence-electron chi connectivity index (χ3n) is 1.58. The minimum absolute atomic E-state index is 0.0221. The van der Waals surface area contributed by atoms with Crippen molar-refractivity contribution in [3.05, 3.63) is 16.5 Å². The first-order valence-corrected chi connectivity index (χ1v) is 5.68. The average molecular weight is 220 g/mol. The molecule has 0 aromatic heterocycles. The van der Waals surface area contributed by atoms with E-state index >= 15 is 0 Å². The maximum Gasteiger partial charge on any atom is 0.317 e. The Labute approximate surface area is 79.6 Å². The Balaban J connectivity index is 3.25. The van der Waals surface area contributed by atoms with E-state index in [2.05, 4.69) is 4.79 Å². The van der Waals surface area contributed by atoms with Gasteiger partial charge in [-0.2, -0.15) is 4.79 Å². The van der Waals surface area contributed by atoms with Gasteiger partial charge in [-0.25, -0.2) is 8.42 Å². The molecule has 0 saturated heterocycles. The summed E-state index contributed by atoms with van der Waals surface area (Å²) in [5, 5.41) is 7.24. The predicted octanol–water partition coefficient (Wildman–Crippen LogP) is 0.923. The average Bonchev–Trinajstić information content (AvgIpc) is 2.01. The molecule has 0 unspecified atom stereocenters. The Hall–Kier alpha value is -0.970. The zero-order valence-electron chi connectivity index (χ0n) is 6.49. The van der Waals surface area contributed by atoms with Gasteiger partial charge < -0.3 is 10.9 Å². The van der Waals surface area contributed by atoms with Crippen molar-refractivity contribution in [2.45, 2.75) is 12.8 Å².